The standard InChI is InChI=1S/C22H28FN5O4S/c1-6-9-22(14(3)33(30,31)28(4)21(24)27-22)17-11-15(7-8-18(17)23)26-20(29)19-13(2)10-16(32-5)12-25-19/h7-8,10-12,14H,6,9H2,1-5H3,(H2,24,27)(H,26,29)/t14-,22+/m1/s1. The molecule has 2 atom stereocenters. The molecule has 3 rings (SSSR count). The lowest BCUT2D eigenvalue weighted by molar-refractivity contribution is 0.102. The van der Waals surface area contributed by atoms with Gasteiger partial charge in [-0.25, -0.2) is 22.1 Å². The third-order valence-corrected chi connectivity index (χ3v) is 8.27. The molecule has 0 unspecified atom stereocenters. The molecule has 0 radical (unpaired) electrons. The smallest absolute Gasteiger partial charge is 0.274 e. The minimum atomic E-state index is -3.90. The van der Waals surface area contributed by atoms with E-state index in [9.17, 15) is 13.2 Å². The van der Waals surface area contributed by atoms with Crippen LogP contribution in [0.15, 0.2) is 30.5 Å². The summed E-state index contributed by atoms with van der Waals surface area (Å²) in [5.41, 5.74) is -0.255. The first-order chi connectivity index (χ1) is 15.5. The van der Waals surface area contributed by atoms with Gasteiger partial charge in [-0.1, -0.05) is 13.3 Å². The summed E-state index contributed by atoms with van der Waals surface area (Å²) in [6.07, 6.45) is 2.22. The maximum Gasteiger partial charge on any atom is 0.274 e. The lowest BCUT2D eigenvalue weighted by Gasteiger charge is -2.47. The number of nitrogens with zero attached hydrogens (tertiary/aromatic N) is 2. The Morgan fingerprint density at radius 2 is 2.09 bits per heavy atom. The largest absolute Gasteiger partial charge is 0.495 e. The molecule has 0 aliphatic carbocycles. The fourth-order valence-electron chi connectivity index (χ4n) is 4.12. The van der Waals surface area contributed by atoms with Crippen molar-refractivity contribution in [2.45, 2.75) is 44.4 Å². The van der Waals surface area contributed by atoms with E-state index in [4.69, 9.17) is 10.1 Å². The van der Waals surface area contributed by atoms with E-state index in [1.165, 1.54) is 45.5 Å². The quantitative estimate of drug-likeness (QED) is 0.588. The fourth-order valence-corrected chi connectivity index (χ4v) is 5.71. The SMILES string of the molecule is CCC[C@]1(c2cc(NC(=O)c3ncc(OC)cc3C)ccc2F)NC(=N)N(C)S(=O)(=O)[C@@H]1C. The van der Waals surface area contributed by atoms with Crippen LogP contribution in [-0.4, -0.2) is 49.0 Å². The van der Waals surface area contributed by atoms with Crippen LogP contribution in [0.5, 0.6) is 5.75 Å². The highest BCUT2D eigenvalue weighted by molar-refractivity contribution is 7.90. The van der Waals surface area contributed by atoms with Crippen molar-refractivity contribution in [3.63, 3.8) is 0 Å². The maximum absolute atomic E-state index is 15.1. The van der Waals surface area contributed by atoms with Crippen molar-refractivity contribution in [1.82, 2.24) is 14.6 Å². The Morgan fingerprint density at radius 3 is 2.70 bits per heavy atom. The van der Waals surface area contributed by atoms with Crippen molar-refractivity contribution in [2.75, 3.05) is 19.5 Å². The van der Waals surface area contributed by atoms with E-state index in [1.54, 1.807) is 13.0 Å². The molecule has 1 amide bonds. The van der Waals surface area contributed by atoms with Gasteiger partial charge in [0.05, 0.1) is 18.8 Å². The number of nitrogens with one attached hydrogen (secondary N) is 3. The van der Waals surface area contributed by atoms with E-state index in [0.717, 1.165) is 4.31 Å². The Hall–Kier alpha value is -3.21. The lowest BCUT2D eigenvalue weighted by atomic mass is 9.82. The molecule has 2 heterocycles. The van der Waals surface area contributed by atoms with Crippen LogP contribution < -0.4 is 15.4 Å². The number of carbonyl (C=O) groups is 1. The van der Waals surface area contributed by atoms with Crippen molar-refractivity contribution < 1.29 is 22.3 Å². The van der Waals surface area contributed by atoms with E-state index in [-0.39, 0.29) is 29.3 Å². The number of halogens is 1. The molecule has 2 aromatic rings. The Kier molecular flexibility index (Phi) is 6.64. The van der Waals surface area contributed by atoms with E-state index < -0.39 is 32.5 Å². The number of benzene rings is 1. The van der Waals surface area contributed by atoms with Gasteiger partial charge in [0.15, 0.2) is 0 Å². The summed E-state index contributed by atoms with van der Waals surface area (Å²) in [7, 11) is -1.12. The lowest BCUT2D eigenvalue weighted by Crippen LogP contribution is -2.66. The molecule has 33 heavy (non-hydrogen) atoms. The highest BCUT2D eigenvalue weighted by atomic mass is 32.2. The number of hydrogen-bond donors (Lipinski definition) is 3. The van der Waals surface area contributed by atoms with Crippen LogP contribution in [-0.2, 0) is 15.6 Å². The fraction of sp³-hybridized carbons (Fsp3) is 0.409. The van der Waals surface area contributed by atoms with Crippen LogP contribution in [0, 0.1) is 18.2 Å². The number of hydrogen-bond acceptors (Lipinski definition) is 6. The molecule has 178 valence electrons. The van der Waals surface area contributed by atoms with Crippen molar-refractivity contribution in [2.24, 2.45) is 0 Å². The minimum Gasteiger partial charge on any atom is -0.495 e. The van der Waals surface area contributed by atoms with Crippen molar-refractivity contribution >= 4 is 27.6 Å². The monoisotopic (exact) mass is 477 g/mol. The molecule has 9 nitrogen and oxygen atoms in total. The highest BCUT2D eigenvalue weighted by Gasteiger charge is 2.52. The molecule has 0 bridgehead atoms. The second-order valence-electron chi connectivity index (χ2n) is 8.04. The van der Waals surface area contributed by atoms with E-state index in [1.807, 2.05) is 6.92 Å². The summed E-state index contributed by atoms with van der Waals surface area (Å²) < 4.78 is 47.0. The van der Waals surface area contributed by atoms with Gasteiger partial charge in [0.2, 0.25) is 16.0 Å². The minimum absolute atomic E-state index is 0.0653. The summed E-state index contributed by atoms with van der Waals surface area (Å²) in [6.45, 7) is 5.07. The zero-order valence-electron chi connectivity index (χ0n) is 19.2. The van der Waals surface area contributed by atoms with E-state index in [2.05, 4.69) is 15.6 Å². The number of rotatable bonds is 6. The van der Waals surface area contributed by atoms with Gasteiger partial charge in [-0.15, -0.1) is 0 Å². The van der Waals surface area contributed by atoms with Crippen LogP contribution in [0.2, 0.25) is 0 Å². The van der Waals surface area contributed by atoms with Crippen molar-refractivity contribution in [3.8, 4) is 5.75 Å². The first kappa shape index (κ1) is 24.4. The van der Waals surface area contributed by atoms with E-state index >= 15 is 4.39 Å². The van der Waals surface area contributed by atoms with E-state index in [0.29, 0.717) is 17.7 Å². The summed E-state index contributed by atoms with van der Waals surface area (Å²) >= 11 is 0. The summed E-state index contributed by atoms with van der Waals surface area (Å²) in [5.74, 6) is -0.955. The number of pyridine rings is 1. The second kappa shape index (κ2) is 8.97. The summed E-state index contributed by atoms with van der Waals surface area (Å²) in [5, 5.41) is 12.7. The van der Waals surface area contributed by atoms with Gasteiger partial charge in [-0.3, -0.25) is 10.2 Å². The normalized spacial score (nSPS) is 21.9. The van der Waals surface area contributed by atoms with Crippen LogP contribution >= 0.6 is 0 Å². The van der Waals surface area contributed by atoms with Gasteiger partial charge in [0, 0.05) is 18.3 Å². The zero-order chi connectivity index (χ0) is 24.6. The number of anilines is 1. The molecule has 1 fully saturated rings. The molecule has 0 saturated carbocycles. The predicted octanol–water partition coefficient (Wildman–Crippen LogP) is 2.97. The van der Waals surface area contributed by atoms with Crippen LogP contribution in [0.1, 0.15) is 48.3 Å². The predicted molar refractivity (Wildman–Crippen MR) is 123 cm³/mol. The first-order valence-electron chi connectivity index (χ1n) is 10.4. The van der Waals surface area contributed by atoms with Crippen molar-refractivity contribution in [3.05, 3.63) is 53.1 Å². The van der Waals surface area contributed by atoms with Gasteiger partial charge in [0.25, 0.3) is 5.91 Å². The van der Waals surface area contributed by atoms with Crippen LogP contribution in [0.4, 0.5) is 10.1 Å². The number of ether oxygens (including phenoxy) is 1. The third-order valence-electron chi connectivity index (χ3n) is 6.03. The molecule has 3 N–H and O–H groups in total. The van der Waals surface area contributed by atoms with Gasteiger partial charge in [-0.05, 0) is 50.1 Å². The van der Waals surface area contributed by atoms with Gasteiger partial charge < -0.3 is 15.4 Å². The Bertz CT molecular complexity index is 1200. The van der Waals surface area contributed by atoms with Crippen molar-refractivity contribution in [1.29, 1.82) is 5.41 Å². The molecule has 1 saturated heterocycles. The third kappa shape index (κ3) is 4.24. The second-order valence-corrected chi connectivity index (χ2v) is 10.3. The number of guanidine groups is 1. The Balaban J connectivity index is 2.04. The molecule has 1 aliphatic heterocycles. The number of methoxy groups -OCH3 is 1. The molecule has 1 aliphatic rings. The molecule has 11 heteroatoms. The van der Waals surface area contributed by atoms with Gasteiger partial charge in [-0.2, -0.15) is 0 Å². The number of amides is 1. The average Bonchev–Trinajstić information content (AvgIpc) is 2.77. The first-order valence-corrected chi connectivity index (χ1v) is 11.9. The molecule has 0 spiro atoms. The number of sulfonamides is 1. The molecular formula is C22H28FN5O4S. The summed E-state index contributed by atoms with van der Waals surface area (Å²) in [6, 6.07) is 5.67. The van der Waals surface area contributed by atoms with Crippen LogP contribution in [0.3, 0.4) is 0 Å². The maximum atomic E-state index is 15.1. The van der Waals surface area contributed by atoms with Gasteiger partial charge in [0.1, 0.15) is 22.5 Å². The molecule has 1 aromatic heterocycles. The Morgan fingerprint density at radius 1 is 1.39 bits per heavy atom. The molecule has 1 aromatic carbocycles. The van der Waals surface area contributed by atoms with Crippen LogP contribution in [0.25, 0.3) is 0 Å². The molecular weight excluding hydrogens is 449 g/mol. The topological polar surface area (TPSA) is 124 Å². The highest BCUT2D eigenvalue weighted by Crippen LogP contribution is 2.40. The van der Waals surface area contributed by atoms with Gasteiger partial charge >= 0.3 is 0 Å². The summed E-state index contributed by atoms with van der Waals surface area (Å²) in [4.78, 5) is 16.9. The number of aromatic nitrogens is 1. The number of aryl methyl sites for hydroxylation is 1. The Labute approximate surface area is 192 Å². The average molecular weight is 478 g/mol. The zero-order valence-corrected chi connectivity index (χ0v) is 20.0. The number of carbonyl (C=O) groups excluding carboxylic acids is 1.